The van der Waals surface area contributed by atoms with Crippen molar-refractivity contribution in [1.82, 2.24) is 9.62 Å². The molecule has 0 bridgehead atoms. The van der Waals surface area contributed by atoms with Gasteiger partial charge in [-0.3, -0.25) is 9.59 Å². The molecule has 24 heavy (non-hydrogen) atoms. The Bertz CT molecular complexity index is 717. The summed E-state index contributed by atoms with van der Waals surface area (Å²) in [6.45, 7) is 4.14. The van der Waals surface area contributed by atoms with Crippen LogP contribution in [0.2, 0.25) is 0 Å². The third kappa shape index (κ3) is 4.68. The van der Waals surface area contributed by atoms with E-state index in [2.05, 4.69) is 5.32 Å². The molecule has 0 fully saturated rings. The first-order valence-corrected chi connectivity index (χ1v) is 8.69. The maximum absolute atomic E-state index is 12.8. The Hall–Kier alpha value is -2.13. The monoisotopic (exact) mass is 358 g/mol. The smallest absolute Gasteiger partial charge is 0.321 e. The Kier molecular flexibility index (Phi) is 6.73. The van der Waals surface area contributed by atoms with E-state index in [1.807, 2.05) is 0 Å². The fraction of sp³-hybridized carbons (Fsp3) is 0.467. The van der Waals surface area contributed by atoms with Crippen molar-refractivity contribution in [3.05, 3.63) is 23.8 Å². The predicted octanol–water partition coefficient (Wildman–Crippen LogP) is 0.604. The van der Waals surface area contributed by atoms with Gasteiger partial charge in [0.15, 0.2) is 0 Å². The molecule has 8 nitrogen and oxygen atoms in total. The molecular formula is C15H22N2O6S. The Morgan fingerprint density at radius 3 is 2.46 bits per heavy atom. The second kappa shape index (κ2) is 8.11. The van der Waals surface area contributed by atoms with Crippen LogP contribution in [0, 0.1) is 6.92 Å². The zero-order valence-electron chi connectivity index (χ0n) is 14.1. The van der Waals surface area contributed by atoms with E-state index in [1.54, 1.807) is 6.92 Å². The van der Waals surface area contributed by atoms with Crippen LogP contribution in [0.4, 0.5) is 0 Å². The van der Waals surface area contributed by atoms with Crippen LogP contribution in [0.25, 0.3) is 0 Å². The quantitative estimate of drug-likeness (QED) is 0.704. The van der Waals surface area contributed by atoms with Crippen molar-refractivity contribution in [1.29, 1.82) is 0 Å². The van der Waals surface area contributed by atoms with Crippen LogP contribution in [0.15, 0.2) is 23.1 Å². The van der Waals surface area contributed by atoms with Gasteiger partial charge >= 0.3 is 5.97 Å². The van der Waals surface area contributed by atoms with Crippen molar-refractivity contribution in [3.63, 3.8) is 0 Å². The highest BCUT2D eigenvalue weighted by Gasteiger charge is 2.33. The summed E-state index contributed by atoms with van der Waals surface area (Å²) in [6, 6.07) is 3.03. The third-order valence-corrected chi connectivity index (χ3v) is 5.43. The predicted molar refractivity (Wildman–Crippen MR) is 87.4 cm³/mol. The lowest BCUT2D eigenvalue weighted by atomic mass is 10.2. The van der Waals surface area contributed by atoms with Gasteiger partial charge in [0.25, 0.3) is 0 Å². The number of amides is 1. The summed E-state index contributed by atoms with van der Waals surface area (Å²) in [5.41, 5.74) is 0.614. The molecule has 1 amide bonds. The SMILES string of the molecule is COc1ccc(S(=O)(=O)N(CCNC(C)=O)C(C)C(=O)O)cc1C. The van der Waals surface area contributed by atoms with E-state index >= 15 is 0 Å². The van der Waals surface area contributed by atoms with E-state index in [9.17, 15) is 23.1 Å². The molecule has 0 saturated heterocycles. The minimum Gasteiger partial charge on any atom is -0.496 e. The summed E-state index contributed by atoms with van der Waals surface area (Å²) in [4.78, 5) is 22.2. The number of carbonyl (C=O) groups is 2. The van der Waals surface area contributed by atoms with Gasteiger partial charge in [0, 0.05) is 20.0 Å². The third-order valence-electron chi connectivity index (χ3n) is 3.47. The fourth-order valence-corrected chi connectivity index (χ4v) is 3.81. The van der Waals surface area contributed by atoms with Gasteiger partial charge in [-0.05, 0) is 37.6 Å². The number of nitrogens with zero attached hydrogens (tertiary/aromatic N) is 1. The minimum atomic E-state index is -4.05. The number of ether oxygens (including phenoxy) is 1. The van der Waals surface area contributed by atoms with Crippen LogP contribution < -0.4 is 10.1 Å². The van der Waals surface area contributed by atoms with Crippen molar-refractivity contribution < 1.29 is 27.9 Å². The summed E-state index contributed by atoms with van der Waals surface area (Å²) >= 11 is 0. The van der Waals surface area contributed by atoms with E-state index in [4.69, 9.17) is 4.74 Å². The molecule has 0 aliphatic heterocycles. The summed E-state index contributed by atoms with van der Waals surface area (Å²) < 4.78 is 31.6. The minimum absolute atomic E-state index is 0.0152. The first-order valence-electron chi connectivity index (χ1n) is 7.25. The van der Waals surface area contributed by atoms with Crippen molar-refractivity contribution in [2.75, 3.05) is 20.2 Å². The zero-order valence-corrected chi connectivity index (χ0v) is 14.9. The first kappa shape index (κ1) is 19.9. The zero-order chi connectivity index (χ0) is 18.5. The van der Waals surface area contributed by atoms with Crippen LogP contribution in [-0.4, -0.2) is 55.9 Å². The highest BCUT2D eigenvalue weighted by atomic mass is 32.2. The van der Waals surface area contributed by atoms with Crippen LogP contribution in [-0.2, 0) is 19.6 Å². The number of methoxy groups -OCH3 is 1. The van der Waals surface area contributed by atoms with Gasteiger partial charge in [-0.25, -0.2) is 8.42 Å². The molecule has 1 atom stereocenters. The fourth-order valence-electron chi connectivity index (χ4n) is 2.13. The van der Waals surface area contributed by atoms with Crippen LogP contribution >= 0.6 is 0 Å². The molecule has 0 aromatic heterocycles. The number of carbonyl (C=O) groups excluding carboxylic acids is 1. The number of rotatable bonds is 8. The molecule has 0 heterocycles. The summed E-state index contributed by atoms with van der Waals surface area (Å²) in [6.07, 6.45) is 0. The summed E-state index contributed by atoms with van der Waals surface area (Å²) in [7, 11) is -2.57. The molecule has 0 radical (unpaired) electrons. The number of carboxylic acid groups (broad SMARTS) is 1. The van der Waals surface area contributed by atoms with Gasteiger partial charge in [-0.1, -0.05) is 0 Å². The number of hydrogen-bond acceptors (Lipinski definition) is 5. The molecule has 134 valence electrons. The lowest BCUT2D eigenvalue weighted by molar-refractivity contribution is -0.140. The average Bonchev–Trinajstić information content (AvgIpc) is 2.50. The van der Waals surface area contributed by atoms with Gasteiger partial charge in [0.1, 0.15) is 11.8 Å². The molecule has 1 unspecified atom stereocenters. The Balaban J connectivity index is 3.20. The second-order valence-electron chi connectivity index (χ2n) is 5.24. The lowest BCUT2D eigenvalue weighted by Gasteiger charge is -2.26. The first-order chi connectivity index (χ1) is 11.1. The van der Waals surface area contributed by atoms with E-state index < -0.39 is 22.0 Å². The highest BCUT2D eigenvalue weighted by Crippen LogP contribution is 2.24. The van der Waals surface area contributed by atoms with Crippen LogP contribution in [0.3, 0.4) is 0 Å². The molecule has 2 N–H and O–H groups in total. The molecule has 1 aromatic carbocycles. The molecular weight excluding hydrogens is 336 g/mol. The number of sulfonamides is 1. The Morgan fingerprint density at radius 1 is 1.38 bits per heavy atom. The lowest BCUT2D eigenvalue weighted by Crippen LogP contribution is -2.46. The molecule has 0 saturated carbocycles. The van der Waals surface area contributed by atoms with Crippen LogP contribution in [0.1, 0.15) is 19.4 Å². The maximum atomic E-state index is 12.8. The maximum Gasteiger partial charge on any atom is 0.321 e. The molecule has 1 rings (SSSR count). The Labute approximate surface area is 141 Å². The normalized spacial score (nSPS) is 12.7. The largest absolute Gasteiger partial charge is 0.496 e. The van der Waals surface area contributed by atoms with Gasteiger partial charge in [0.2, 0.25) is 15.9 Å². The van der Waals surface area contributed by atoms with Gasteiger partial charge < -0.3 is 15.2 Å². The van der Waals surface area contributed by atoms with Crippen molar-refractivity contribution in [2.45, 2.75) is 31.7 Å². The van der Waals surface area contributed by atoms with Gasteiger partial charge in [-0.15, -0.1) is 0 Å². The Morgan fingerprint density at radius 2 is 2.00 bits per heavy atom. The van der Waals surface area contributed by atoms with Crippen LogP contribution in [0.5, 0.6) is 5.75 Å². The number of nitrogens with one attached hydrogen (secondary N) is 1. The summed E-state index contributed by atoms with van der Waals surface area (Å²) in [5, 5.41) is 11.7. The molecule has 0 aliphatic rings. The average molecular weight is 358 g/mol. The topological polar surface area (TPSA) is 113 Å². The number of benzene rings is 1. The van der Waals surface area contributed by atoms with E-state index in [0.29, 0.717) is 11.3 Å². The van der Waals surface area contributed by atoms with Gasteiger partial charge in [-0.2, -0.15) is 4.31 Å². The van der Waals surface area contributed by atoms with E-state index in [-0.39, 0.29) is 23.9 Å². The van der Waals surface area contributed by atoms with Crippen molar-refractivity contribution in [2.24, 2.45) is 0 Å². The standard InChI is InChI=1S/C15H22N2O6S/c1-10-9-13(5-6-14(10)23-4)24(21,22)17(11(2)15(19)20)8-7-16-12(3)18/h5-6,9,11H,7-8H2,1-4H3,(H,16,18)(H,19,20). The number of aliphatic carboxylic acids is 1. The second-order valence-corrected chi connectivity index (χ2v) is 7.13. The molecule has 1 aromatic rings. The van der Waals surface area contributed by atoms with Gasteiger partial charge in [0.05, 0.1) is 12.0 Å². The summed E-state index contributed by atoms with van der Waals surface area (Å²) in [5.74, 6) is -1.06. The number of hydrogen-bond donors (Lipinski definition) is 2. The number of aryl methyl sites for hydroxylation is 1. The molecule has 9 heteroatoms. The molecule has 0 aliphatic carbocycles. The van der Waals surface area contributed by atoms with Crippen molar-refractivity contribution in [3.8, 4) is 5.75 Å². The highest BCUT2D eigenvalue weighted by molar-refractivity contribution is 7.89. The van der Waals surface area contributed by atoms with E-state index in [1.165, 1.54) is 39.2 Å². The van der Waals surface area contributed by atoms with E-state index in [0.717, 1.165) is 4.31 Å². The molecule has 0 spiro atoms. The van der Waals surface area contributed by atoms with Crippen molar-refractivity contribution >= 4 is 21.9 Å². The number of carboxylic acids is 1.